The molecule has 0 aromatic carbocycles. The molecule has 53 valence electrons. The molecule has 1 aliphatic heterocycles. The second-order valence-electron chi connectivity index (χ2n) is 2.85. The molecule has 0 amide bonds. The number of ether oxygens (including phenoxy) is 1. The van der Waals surface area contributed by atoms with E-state index in [1.165, 1.54) is 11.1 Å². The Morgan fingerprint density at radius 1 is 1.50 bits per heavy atom. The molecule has 2 rings (SSSR count). The Bertz CT molecular complexity index is 201. The van der Waals surface area contributed by atoms with E-state index >= 15 is 0 Å². The van der Waals surface area contributed by atoms with Gasteiger partial charge in [0.25, 0.3) is 0 Å². The van der Waals surface area contributed by atoms with Gasteiger partial charge in [0.1, 0.15) is 0 Å². The molecule has 1 unspecified atom stereocenters. The fraction of sp³-hybridized carbons (Fsp3) is 0.444. The van der Waals surface area contributed by atoms with Crippen LogP contribution in [-0.2, 0) is 4.74 Å². The van der Waals surface area contributed by atoms with Crippen molar-refractivity contribution < 1.29 is 4.74 Å². The first-order chi connectivity index (χ1) is 4.88. The minimum absolute atomic E-state index is 0.324. The summed E-state index contributed by atoms with van der Waals surface area (Å²) >= 11 is 0. The molecule has 1 heteroatoms. The zero-order valence-corrected chi connectivity index (χ0v) is 6.13. The highest BCUT2D eigenvalue weighted by Crippen LogP contribution is 2.29. The Balaban J connectivity index is 2.26. The molecule has 0 N–H and O–H groups in total. The average Bonchev–Trinajstić information content (AvgIpc) is 2.36. The Morgan fingerprint density at radius 2 is 2.40 bits per heavy atom. The normalized spacial score (nSPS) is 31.1. The van der Waals surface area contributed by atoms with Crippen LogP contribution >= 0.6 is 0 Å². The third-order valence-corrected chi connectivity index (χ3v) is 2.10. The fourth-order valence-corrected chi connectivity index (χ4v) is 1.54. The molecular weight excluding hydrogens is 124 g/mol. The van der Waals surface area contributed by atoms with Crippen LogP contribution in [0.1, 0.15) is 13.3 Å². The maximum atomic E-state index is 5.51. The first-order valence-electron chi connectivity index (χ1n) is 3.70. The van der Waals surface area contributed by atoms with Crippen molar-refractivity contribution in [2.45, 2.75) is 19.4 Å². The van der Waals surface area contributed by atoms with Gasteiger partial charge in [-0.3, -0.25) is 0 Å². The number of allylic oxidation sites excluding steroid dienone is 2. The summed E-state index contributed by atoms with van der Waals surface area (Å²) in [6.45, 7) is 3.02. The van der Waals surface area contributed by atoms with E-state index in [1.807, 2.05) is 0 Å². The van der Waals surface area contributed by atoms with Crippen LogP contribution in [0, 0.1) is 6.42 Å². The molecule has 1 saturated heterocycles. The van der Waals surface area contributed by atoms with Gasteiger partial charge in [-0.15, -0.1) is 0 Å². The van der Waals surface area contributed by atoms with Gasteiger partial charge in [0, 0.05) is 6.42 Å². The van der Waals surface area contributed by atoms with E-state index in [0.29, 0.717) is 6.10 Å². The van der Waals surface area contributed by atoms with Gasteiger partial charge in [-0.2, -0.15) is 0 Å². The zero-order valence-electron chi connectivity index (χ0n) is 6.13. The number of rotatable bonds is 0. The predicted octanol–water partition coefficient (Wildman–Crippen LogP) is 1.87. The summed E-state index contributed by atoms with van der Waals surface area (Å²) in [5, 5.41) is 0. The monoisotopic (exact) mass is 135 g/mol. The van der Waals surface area contributed by atoms with Gasteiger partial charge in [0.05, 0.1) is 12.7 Å². The van der Waals surface area contributed by atoms with Crippen molar-refractivity contribution in [3.8, 4) is 0 Å². The fourth-order valence-electron chi connectivity index (χ4n) is 1.54. The van der Waals surface area contributed by atoms with Crippen molar-refractivity contribution in [1.82, 2.24) is 0 Å². The lowest BCUT2D eigenvalue weighted by Gasteiger charge is -2.15. The van der Waals surface area contributed by atoms with Crippen molar-refractivity contribution in [3.05, 3.63) is 29.7 Å². The standard InChI is InChI=1S/C9H11O/c1-7-3-2-4-8-5-6-10-9(7)8/h2-4,9H,5-6H2,1H3. The third kappa shape index (κ3) is 0.816. The summed E-state index contributed by atoms with van der Waals surface area (Å²) < 4.78 is 5.51. The average molecular weight is 135 g/mol. The highest BCUT2D eigenvalue weighted by Gasteiger charge is 2.24. The molecule has 1 atom stereocenters. The highest BCUT2D eigenvalue weighted by molar-refractivity contribution is 5.35. The molecule has 0 bridgehead atoms. The second-order valence-corrected chi connectivity index (χ2v) is 2.85. The first-order valence-corrected chi connectivity index (χ1v) is 3.70. The van der Waals surface area contributed by atoms with E-state index in [2.05, 4.69) is 25.5 Å². The van der Waals surface area contributed by atoms with E-state index in [-0.39, 0.29) is 0 Å². The summed E-state index contributed by atoms with van der Waals surface area (Å²) in [6.07, 6.45) is 7.84. The zero-order chi connectivity index (χ0) is 6.97. The molecule has 0 aromatic rings. The van der Waals surface area contributed by atoms with Gasteiger partial charge < -0.3 is 4.74 Å². The maximum absolute atomic E-state index is 5.51. The van der Waals surface area contributed by atoms with E-state index < -0.39 is 0 Å². The summed E-state index contributed by atoms with van der Waals surface area (Å²) in [5.74, 6) is 0. The van der Waals surface area contributed by atoms with Crippen molar-refractivity contribution >= 4 is 0 Å². The number of hydrogen-bond acceptors (Lipinski definition) is 1. The van der Waals surface area contributed by atoms with Crippen LogP contribution in [0.5, 0.6) is 0 Å². The quantitative estimate of drug-likeness (QED) is 0.492. The Kier molecular flexibility index (Phi) is 1.38. The summed E-state index contributed by atoms with van der Waals surface area (Å²) in [7, 11) is 0. The Morgan fingerprint density at radius 3 is 3.20 bits per heavy atom. The first kappa shape index (κ1) is 6.17. The highest BCUT2D eigenvalue weighted by atomic mass is 16.5. The second kappa shape index (κ2) is 2.24. The topological polar surface area (TPSA) is 9.23 Å². The molecule has 0 spiro atoms. The molecule has 1 aliphatic carbocycles. The van der Waals surface area contributed by atoms with Gasteiger partial charge in [0.2, 0.25) is 0 Å². The van der Waals surface area contributed by atoms with Gasteiger partial charge in [0.15, 0.2) is 0 Å². The number of hydrogen-bond donors (Lipinski definition) is 0. The van der Waals surface area contributed by atoms with Crippen LogP contribution in [-0.4, -0.2) is 12.7 Å². The smallest absolute Gasteiger partial charge is 0.0994 e. The van der Waals surface area contributed by atoms with E-state index in [9.17, 15) is 0 Å². The van der Waals surface area contributed by atoms with E-state index in [0.717, 1.165) is 13.0 Å². The lowest BCUT2D eigenvalue weighted by molar-refractivity contribution is 0.148. The van der Waals surface area contributed by atoms with Crippen LogP contribution in [0.2, 0.25) is 0 Å². The van der Waals surface area contributed by atoms with E-state index in [4.69, 9.17) is 4.74 Å². The van der Waals surface area contributed by atoms with Crippen molar-refractivity contribution in [2.75, 3.05) is 6.61 Å². The summed E-state index contributed by atoms with van der Waals surface area (Å²) in [4.78, 5) is 0. The van der Waals surface area contributed by atoms with Crippen molar-refractivity contribution in [1.29, 1.82) is 0 Å². The predicted molar refractivity (Wildman–Crippen MR) is 40.5 cm³/mol. The molecule has 2 aliphatic rings. The van der Waals surface area contributed by atoms with Crippen LogP contribution < -0.4 is 0 Å². The molecule has 0 aromatic heterocycles. The van der Waals surface area contributed by atoms with Crippen LogP contribution in [0.25, 0.3) is 0 Å². The largest absolute Gasteiger partial charge is 0.369 e. The van der Waals surface area contributed by atoms with Gasteiger partial charge in [-0.1, -0.05) is 12.2 Å². The van der Waals surface area contributed by atoms with Gasteiger partial charge in [-0.05, 0) is 24.5 Å². The third-order valence-electron chi connectivity index (χ3n) is 2.10. The van der Waals surface area contributed by atoms with Gasteiger partial charge in [-0.25, -0.2) is 0 Å². The molecule has 0 saturated carbocycles. The van der Waals surface area contributed by atoms with Gasteiger partial charge >= 0.3 is 0 Å². The molecule has 1 nitrogen and oxygen atoms in total. The molecule has 1 radical (unpaired) electrons. The lowest BCUT2D eigenvalue weighted by Crippen LogP contribution is -2.11. The Hall–Kier alpha value is -0.560. The van der Waals surface area contributed by atoms with E-state index in [1.54, 1.807) is 0 Å². The molecule has 1 fully saturated rings. The minimum Gasteiger partial charge on any atom is -0.369 e. The maximum Gasteiger partial charge on any atom is 0.0994 e. The van der Waals surface area contributed by atoms with Crippen molar-refractivity contribution in [3.63, 3.8) is 0 Å². The van der Waals surface area contributed by atoms with Crippen LogP contribution in [0.4, 0.5) is 0 Å². The Labute approximate surface area is 61.4 Å². The minimum atomic E-state index is 0.324. The summed E-state index contributed by atoms with van der Waals surface area (Å²) in [5.41, 5.74) is 2.79. The van der Waals surface area contributed by atoms with Crippen LogP contribution in [0.3, 0.4) is 0 Å². The molecule has 1 heterocycles. The number of fused-ring (bicyclic) bond motifs is 1. The van der Waals surface area contributed by atoms with Crippen molar-refractivity contribution in [2.24, 2.45) is 0 Å². The van der Waals surface area contributed by atoms with Crippen LogP contribution in [0.15, 0.2) is 23.3 Å². The molecular formula is C9H11O. The molecule has 10 heavy (non-hydrogen) atoms. The SMILES string of the molecule is CC1=C[CH]C=C2CCOC12. The summed E-state index contributed by atoms with van der Waals surface area (Å²) in [6, 6.07) is 0. The lowest BCUT2D eigenvalue weighted by atomic mass is 9.96.